The highest BCUT2D eigenvalue weighted by molar-refractivity contribution is 6.33. The first-order valence-electron chi connectivity index (χ1n) is 6.84. The first-order chi connectivity index (χ1) is 11.2. The molecule has 6 nitrogen and oxygen atoms in total. The molecule has 0 unspecified atom stereocenters. The van der Waals surface area contributed by atoms with E-state index in [4.69, 9.17) is 25.3 Å². The van der Waals surface area contributed by atoms with Crippen LogP contribution in [-0.2, 0) is 16.1 Å². The zero-order valence-electron chi connectivity index (χ0n) is 12.0. The summed E-state index contributed by atoms with van der Waals surface area (Å²) in [6, 6.07) is 12.2. The number of furan rings is 1. The van der Waals surface area contributed by atoms with E-state index >= 15 is 0 Å². The summed E-state index contributed by atoms with van der Waals surface area (Å²) in [4.78, 5) is 11.8. The van der Waals surface area contributed by atoms with Gasteiger partial charge in [0, 0.05) is 6.07 Å². The van der Waals surface area contributed by atoms with Gasteiger partial charge >= 0.3 is 0 Å². The zero-order valence-corrected chi connectivity index (χ0v) is 12.7. The molecule has 0 aliphatic rings. The number of hydrogen-bond acceptors (Lipinski definition) is 5. The third kappa shape index (κ3) is 4.00. The number of aromatic nitrogens is 1. The fraction of sp³-hybridized carbons (Fsp3) is 0.125. The van der Waals surface area contributed by atoms with Crippen molar-refractivity contribution in [1.82, 2.24) is 5.16 Å². The van der Waals surface area contributed by atoms with Gasteiger partial charge in [-0.25, -0.2) is 0 Å². The summed E-state index contributed by atoms with van der Waals surface area (Å²) >= 11 is 5.96. The van der Waals surface area contributed by atoms with Crippen LogP contribution in [0.4, 0.5) is 5.69 Å². The standard InChI is InChI=1S/C16H13ClN2O4/c17-12-4-1-2-5-13(12)18-16(20)10-21-9-11-8-15(23-19-11)14-6-3-7-22-14/h1-8H,9-10H2,(H,18,20). The molecule has 1 N–H and O–H groups in total. The van der Waals surface area contributed by atoms with E-state index < -0.39 is 0 Å². The van der Waals surface area contributed by atoms with E-state index in [1.165, 1.54) is 0 Å². The van der Waals surface area contributed by atoms with Crippen molar-refractivity contribution >= 4 is 23.2 Å². The molecule has 1 aromatic carbocycles. The van der Waals surface area contributed by atoms with Crippen LogP contribution in [0.2, 0.25) is 5.02 Å². The molecular formula is C16H13ClN2O4. The van der Waals surface area contributed by atoms with E-state index in [1.807, 2.05) is 0 Å². The van der Waals surface area contributed by atoms with Crippen LogP contribution in [0.25, 0.3) is 11.5 Å². The molecule has 3 aromatic rings. The first kappa shape index (κ1) is 15.3. The van der Waals surface area contributed by atoms with Crippen molar-refractivity contribution in [1.29, 1.82) is 0 Å². The third-order valence-electron chi connectivity index (χ3n) is 2.95. The second kappa shape index (κ2) is 7.13. The fourth-order valence-electron chi connectivity index (χ4n) is 1.91. The Balaban J connectivity index is 1.48. The first-order valence-corrected chi connectivity index (χ1v) is 7.22. The van der Waals surface area contributed by atoms with Crippen LogP contribution in [0.15, 0.2) is 57.7 Å². The maximum Gasteiger partial charge on any atom is 0.250 e. The Kier molecular flexibility index (Phi) is 4.75. The lowest BCUT2D eigenvalue weighted by atomic mass is 10.3. The molecule has 0 radical (unpaired) electrons. The Morgan fingerprint density at radius 3 is 2.87 bits per heavy atom. The highest BCUT2D eigenvalue weighted by Gasteiger charge is 2.10. The number of rotatable bonds is 6. The van der Waals surface area contributed by atoms with Crippen LogP contribution in [0.3, 0.4) is 0 Å². The average Bonchev–Trinajstić information content (AvgIpc) is 3.20. The Morgan fingerprint density at radius 2 is 2.09 bits per heavy atom. The Hall–Kier alpha value is -2.57. The lowest BCUT2D eigenvalue weighted by molar-refractivity contribution is -0.121. The summed E-state index contributed by atoms with van der Waals surface area (Å²) in [6.07, 6.45) is 1.55. The highest BCUT2D eigenvalue weighted by atomic mass is 35.5. The number of benzene rings is 1. The van der Waals surface area contributed by atoms with E-state index in [9.17, 15) is 4.79 Å². The van der Waals surface area contributed by atoms with Gasteiger partial charge in [-0.05, 0) is 24.3 Å². The molecule has 0 spiro atoms. The lowest BCUT2D eigenvalue weighted by Crippen LogP contribution is -2.18. The normalized spacial score (nSPS) is 10.7. The second-order valence-corrected chi connectivity index (χ2v) is 5.09. The number of anilines is 1. The second-order valence-electron chi connectivity index (χ2n) is 4.68. The van der Waals surface area contributed by atoms with Crippen molar-refractivity contribution in [2.75, 3.05) is 11.9 Å². The molecule has 1 amide bonds. The summed E-state index contributed by atoms with van der Waals surface area (Å²) in [6.45, 7) is 0.0360. The van der Waals surface area contributed by atoms with Crippen LogP contribution in [0.5, 0.6) is 0 Å². The summed E-state index contributed by atoms with van der Waals surface area (Å²) < 4.78 is 15.7. The summed E-state index contributed by atoms with van der Waals surface area (Å²) in [5.74, 6) is 0.794. The average molecular weight is 333 g/mol. The predicted octanol–water partition coefficient (Wildman–Crippen LogP) is 3.74. The Bertz CT molecular complexity index is 783. The topological polar surface area (TPSA) is 77.5 Å². The predicted molar refractivity (Wildman–Crippen MR) is 83.9 cm³/mol. The fourth-order valence-corrected chi connectivity index (χ4v) is 2.09. The molecule has 0 aliphatic carbocycles. The van der Waals surface area contributed by atoms with Crippen molar-refractivity contribution < 1.29 is 18.5 Å². The monoisotopic (exact) mass is 332 g/mol. The van der Waals surface area contributed by atoms with Gasteiger partial charge in [0.2, 0.25) is 11.7 Å². The van der Waals surface area contributed by atoms with Gasteiger partial charge in [0.25, 0.3) is 0 Å². The molecule has 2 aromatic heterocycles. The molecule has 0 saturated heterocycles. The molecule has 23 heavy (non-hydrogen) atoms. The number of nitrogens with one attached hydrogen (secondary N) is 1. The largest absolute Gasteiger partial charge is 0.461 e. The van der Waals surface area contributed by atoms with Crippen molar-refractivity contribution in [2.45, 2.75) is 6.61 Å². The smallest absolute Gasteiger partial charge is 0.250 e. The molecule has 0 saturated carbocycles. The summed E-state index contributed by atoms with van der Waals surface area (Å²) in [5, 5.41) is 7.00. The van der Waals surface area contributed by atoms with E-state index in [0.717, 1.165) is 0 Å². The molecule has 3 rings (SSSR count). The molecule has 2 heterocycles. The number of hydrogen-bond donors (Lipinski definition) is 1. The van der Waals surface area contributed by atoms with Gasteiger partial charge in [0.15, 0.2) is 5.76 Å². The van der Waals surface area contributed by atoms with Gasteiger partial charge in [0.05, 0.1) is 23.6 Å². The summed E-state index contributed by atoms with van der Waals surface area (Å²) in [5.41, 5.74) is 1.12. The van der Waals surface area contributed by atoms with E-state index in [-0.39, 0.29) is 19.1 Å². The lowest BCUT2D eigenvalue weighted by Gasteiger charge is -2.06. The molecule has 7 heteroatoms. The molecule has 0 bridgehead atoms. The minimum absolute atomic E-state index is 0.117. The quantitative estimate of drug-likeness (QED) is 0.744. The number of halogens is 1. The maximum atomic E-state index is 11.8. The number of para-hydroxylation sites is 1. The number of nitrogens with zero attached hydrogens (tertiary/aromatic N) is 1. The minimum atomic E-state index is -0.298. The Labute approximate surface area is 137 Å². The van der Waals surface area contributed by atoms with Crippen molar-refractivity contribution in [3.8, 4) is 11.5 Å². The van der Waals surface area contributed by atoms with Gasteiger partial charge in [0.1, 0.15) is 12.3 Å². The van der Waals surface area contributed by atoms with Gasteiger partial charge in [-0.15, -0.1) is 0 Å². The maximum absolute atomic E-state index is 11.8. The molecule has 0 aliphatic heterocycles. The van der Waals surface area contributed by atoms with Crippen molar-refractivity contribution in [3.63, 3.8) is 0 Å². The van der Waals surface area contributed by atoms with Crippen LogP contribution in [-0.4, -0.2) is 17.7 Å². The zero-order chi connectivity index (χ0) is 16.1. The number of amides is 1. The van der Waals surface area contributed by atoms with Gasteiger partial charge in [-0.2, -0.15) is 0 Å². The van der Waals surface area contributed by atoms with Crippen LogP contribution >= 0.6 is 11.6 Å². The highest BCUT2D eigenvalue weighted by Crippen LogP contribution is 2.21. The number of carbonyl (C=O) groups excluding carboxylic acids is 1. The van der Waals surface area contributed by atoms with Crippen LogP contribution < -0.4 is 5.32 Å². The SMILES string of the molecule is O=C(COCc1cc(-c2ccco2)on1)Nc1ccccc1Cl. The van der Waals surface area contributed by atoms with Gasteiger partial charge in [-0.1, -0.05) is 28.9 Å². The van der Waals surface area contributed by atoms with Crippen molar-refractivity contribution in [2.24, 2.45) is 0 Å². The van der Waals surface area contributed by atoms with E-state index in [0.29, 0.717) is 27.9 Å². The Morgan fingerprint density at radius 1 is 1.22 bits per heavy atom. The number of carbonyl (C=O) groups is 1. The molecule has 0 atom stereocenters. The van der Waals surface area contributed by atoms with E-state index in [1.54, 1.807) is 48.7 Å². The molecular weight excluding hydrogens is 320 g/mol. The van der Waals surface area contributed by atoms with E-state index in [2.05, 4.69) is 10.5 Å². The van der Waals surface area contributed by atoms with Gasteiger partial charge in [-0.3, -0.25) is 4.79 Å². The number of ether oxygens (including phenoxy) is 1. The van der Waals surface area contributed by atoms with Gasteiger partial charge < -0.3 is 19.0 Å². The summed E-state index contributed by atoms with van der Waals surface area (Å²) in [7, 11) is 0. The van der Waals surface area contributed by atoms with Crippen LogP contribution in [0.1, 0.15) is 5.69 Å². The molecule has 0 fully saturated rings. The van der Waals surface area contributed by atoms with Crippen molar-refractivity contribution in [3.05, 3.63) is 59.4 Å². The minimum Gasteiger partial charge on any atom is -0.461 e. The third-order valence-corrected chi connectivity index (χ3v) is 3.28. The molecule has 118 valence electrons. The van der Waals surface area contributed by atoms with Crippen LogP contribution in [0, 0.1) is 0 Å².